The van der Waals surface area contributed by atoms with Crippen molar-refractivity contribution in [2.75, 3.05) is 26.2 Å². The van der Waals surface area contributed by atoms with E-state index in [1.165, 1.54) is 25.9 Å². The summed E-state index contributed by atoms with van der Waals surface area (Å²) in [7, 11) is 0. The molecule has 0 saturated carbocycles. The van der Waals surface area contributed by atoms with Crippen LogP contribution in [0.15, 0.2) is 30.5 Å². The van der Waals surface area contributed by atoms with E-state index in [4.69, 9.17) is 27.9 Å². The van der Waals surface area contributed by atoms with Gasteiger partial charge < -0.3 is 9.64 Å². The van der Waals surface area contributed by atoms with Crippen molar-refractivity contribution >= 4 is 23.2 Å². The third-order valence-corrected chi connectivity index (χ3v) is 4.55. The Balaban J connectivity index is 1.51. The molecular weight excluding hydrogens is 321 g/mol. The molecule has 0 amide bonds. The lowest BCUT2D eigenvalue weighted by molar-refractivity contribution is 0.0969. The summed E-state index contributed by atoms with van der Waals surface area (Å²) in [4.78, 5) is 2.44. The maximum absolute atomic E-state index is 6.03. The Morgan fingerprint density at radius 2 is 1.91 bits per heavy atom. The highest BCUT2D eigenvalue weighted by molar-refractivity contribution is 6.42. The van der Waals surface area contributed by atoms with Gasteiger partial charge in [-0.2, -0.15) is 5.10 Å². The molecule has 0 N–H and O–H groups in total. The first-order valence-electron chi connectivity index (χ1n) is 7.52. The first-order valence-corrected chi connectivity index (χ1v) is 8.28. The molecule has 0 aliphatic carbocycles. The van der Waals surface area contributed by atoms with Gasteiger partial charge in [-0.25, -0.2) is 4.68 Å². The van der Waals surface area contributed by atoms with Crippen LogP contribution in [0, 0.1) is 0 Å². The minimum absolute atomic E-state index is 0.526. The van der Waals surface area contributed by atoms with Gasteiger partial charge in [0, 0.05) is 12.7 Å². The largest absolute Gasteiger partial charge is 0.374 e. The first-order chi connectivity index (χ1) is 10.7. The molecule has 22 heavy (non-hydrogen) atoms. The maximum Gasteiger partial charge on any atom is 0.0907 e. The fraction of sp³-hybridized carbons (Fsp3) is 0.438. The van der Waals surface area contributed by atoms with Crippen molar-refractivity contribution in [1.82, 2.24) is 14.7 Å². The van der Waals surface area contributed by atoms with Crippen LogP contribution in [0.5, 0.6) is 0 Å². The molecule has 1 aliphatic rings. The number of ether oxygens (including phenoxy) is 1. The summed E-state index contributed by atoms with van der Waals surface area (Å²) >= 11 is 12.0. The van der Waals surface area contributed by atoms with E-state index < -0.39 is 0 Å². The highest BCUT2D eigenvalue weighted by Crippen LogP contribution is 2.24. The minimum atomic E-state index is 0.526. The van der Waals surface area contributed by atoms with Crippen LogP contribution in [0.3, 0.4) is 0 Å². The van der Waals surface area contributed by atoms with E-state index in [2.05, 4.69) is 10.00 Å². The van der Waals surface area contributed by atoms with Gasteiger partial charge in [-0.3, -0.25) is 0 Å². The molecule has 0 bridgehead atoms. The Kier molecular flexibility index (Phi) is 5.37. The lowest BCUT2D eigenvalue weighted by Gasteiger charge is -2.13. The normalized spacial score (nSPS) is 15.5. The van der Waals surface area contributed by atoms with Gasteiger partial charge in [-0.15, -0.1) is 0 Å². The predicted octanol–water partition coefficient (Wildman–Crippen LogP) is 3.79. The number of rotatable bonds is 6. The number of halogens is 2. The Hall–Kier alpha value is -1.07. The second kappa shape index (κ2) is 7.47. The van der Waals surface area contributed by atoms with Crippen LogP contribution in [0.2, 0.25) is 10.0 Å². The lowest BCUT2D eigenvalue weighted by atomic mass is 10.3. The van der Waals surface area contributed by atoms with Gasteiger partial charge in [-0.05, 0) is 50.2 Å². The Labute approximate surface area is 140 Å². The number of likely N-dealkylation sites (tertiary alicyclic amines) is 1. The molecule has 2 heterocycles. The van der Waals surface area contributed by atoms with Gasteiger partial charge in [0.15, 0.2) is 0 Å². The predicted molar refractivity (Wildman–Crippen MR) is 88.9 cm³/mol. The van der Waals surface area contributed by atoms with Crippen LogP contribution < -0.4 is 0 Å². The van der Waals surface area contributed by atoms with E-state index in [-0.39, 0.29) is 0 Å². The molecule has 118 valence electrons. The van der Waals surface area contributed by atoms with Crippen molar-refractivity contribution < 1.29 is 4.74 Å². The topological polar surface area (TPSA) is 30.3 Å². The highest BCUT2D eigenvalue weighted by atomic mass is 35.5. The van der Waals surface area contributed by atoms with Crippen LogP contribution in [0.1, 0.15) is 18.5 Å². The van der Waals surface area contributed by atoms with Gasteiger partial charge in [-0.1, -0.05) is 23.2 Å². The third-order valence-electron chi connectivity index (χ3n) is 3.81. The molecule has 6 heteroatoms. The maximum atomic E-state index is 6.03. The van der Waals surface area contributed by atoms with Gasteiger partial charge >= 0.3 is 0 Å². The molecule has 2 aromatic rings. The summed E-state index contributed by atoms with van der Waals surface area (Å²) < 4.78 is 7.49. The average molecular weight is 340 g/mol. The summed E-state index contributed by atoms with van der Waals surface area (Å²) in [6, 6.07) is 7.42. The second-order valence-corrected chi connectivity index (χ2v) is 6.27. The highest BCUT2D eigenvalue weighted by Gasteiger charge is 2.10. The molecule has 0 atom stereocenters. The van der Waals surface area contributed by atoms with Gasteiger partial charge in [0.25, 0.3) is 0 Å². The molecular formula is C16H19Cl2N3O. The van der Waals surface area contributed by atoms with E-state index in [1.807, 2.05) is 18.3 Å². The van der Waals surface area contributed by atoms with E-state index in [9.17, 15) is 0 Å². The Morgan fingerprint density at radius 1 is 1.09 bits per heavy atom. The zero-order valence-electron chi connectivity index (χ0n) is 12.3. The summed E-state index contributed by atoms with van der Waals surface area (Å²) in [5.41, 5.74) is 1.80. The smallest absolute Gasteiger partial charge is 0.0907 e. The SMILES string of the molecule is Clc1ccc(-n2ccc(COCCN3CCCC3)n2)cc1Cl. The number of aromatic nitrogens is 2. The number of benzene rings is 1. The summed E-state index contributed by atoms with van der Waals surface area (Å²) in [5, 5.41) is 5.57. The van der Waals surface area contributed by atoms with Gasteiger partial charge in [0.2, 0.25) is 0 Å². The standard InChI is InChI=1S/C16H19Cl2N3O/c17-15-4-3-14(11-16(15)18)21-8-5-13(19-21)12-22-10-9-20-6-1-2-7-20/h3-5,8,11H,1-2,6-7,9-10,12H2. The molecule has 1 saturated heterocycles. The van der Waals surface area contributed by atoms with Crippen molar-refractivity contribution in [2.24, 2.45) is 0 Å². The van der Waals surface area contributed by atoms with Crippen LogP contribution in [-0.4, -0.2) is 40.9 Å². The van der Waals surface area contributed by atoms with E-state index in [1.54, 1.807) is 16.8 Å². The van der Waals surface area contributed by atoms with Crippen LogP contribution in [0.25, 0.3) is 5.69 Å². The van der Waals surface area contributed by atoms with Gasteiger partial charge in [0.1, 0.15) is 0 Å². The third kappa shape index (κ3) is 4.02. The van der Waals surface area contributed by atoms with Crippen LogP contribution >= 0.6 is 23.2 Å². The summed E-state index contributed by atoms with van der Waals surface area (Å²) in [6.45, 7) is 4.69. The minimum Gasteiger partial charge on any atom is -0.374 e. The fourth-order valence-electron chi connectivity index (χ4n) is 2.59. The molecule has 1 aromatic carbocycles. The van der Waals surface area contributed by atoms with Crippen molar-refractivity contribution in [3.8, 4) is 5.69 Å². The monoisotopic (exact) mass is 339 g/mol. The number of hydrogen-bond donors (Lipinski definition) is 0. The van der Waals surface area contributed by atoms with Crippen molar-refractivity contribution in [3.63, 3.8) is 0 Å². The van der Waals surface area contributed by atoms with Crippen molar-refractivity contribution in [2.45, 2.75) is 19.4 Å². The first kappa shape index (κ1) is 15.8. The Morgan fingerprint density at radius 3 is 2.68 bits per heavy atom. The zero-order valence-corrected chi connectivity index (χ0v) is 13.9. The molecule has 0 radical (unpaired) electrons. The van der Waals surface area contributed by atoms with E-state index >= 15 is 0 Å². The number of nitrogens with zero attached hydrogens (tertiary/aromatic N) is 3. The zero-order chi connectivity index (χ0) is 15.4. The van der Waals surface area contributed by atoms with Crippen LogP contribution in [0.4, 0.5) is 0 Å². The molecule has 1 fully saturated rings. The Bertz CT molecular complexity index is 624. The molecule has 1 aromatic heterocycles. The van der Waals surface area contributed by atoms with E-state index in [0.717, 1.165) is 24.5 Å². The number of hydrogen-bond acceptors (Lipinski definition) is 3. The molecule has 3 rings (SSSR count). The summed E-state index contributed by atoms with van der Waals surface area (Å²) in [5.74, 6) is 0. The van der Waals surface area contributed by atoms with Crippen molar-refractivity contribution in [3.05, 3.63) is 46.2 Å². The average Bonchev–Trinajstić information content (AvgIpc) is 3.18. The van der Waals surface area contributed by atoms with E-state index in [0.29, 0.717) is 16.7 Å². The molecule has 0 spiro atoms. The van der Waals surface area contributed by atoms with Gasteiger partial charge in [0.05, 0.1) is 34.6 Å². The second-order valence-electron chi connectivity index (χ2n) is 5.45. The molecule has 1 aliphatic heterocycles. The fourth-order valence-corrected chi connectivity index (χ4v) is 2.88. The van der Waals surface area contributed by atoms with Crippen molar-refractivity contribution in [1.29, 1.82) is 0 Å². The molecule has 0 unspecified atom stereocenters. The van der Waals surface area contributed by atoms with Crippen LogP contribution in [-0.2, 0) is 11.3 Å². The quantitative estimate of drug-likeness (QED) is 0.750. The summed E-state index contributed by atoms with van der Waals surface area (Å²) in [6.07, 6.45) is 4.53. The molecule has 4 nitrogen and oxygen atoms in total. The lowest BCUT2D eigenvalue weighted by Crippen LogP contribution is -2.23.